The molecule has 0 spiro atoms. The van der Waals surface area contributed by atoms with Gasteiger partial charge in [-0.05, 0) is 42.3 Å². The van der Waals surface area contributed by atoms with E-state index in [1.165, 1.54) is 11.0 Å². The van der Waals surface area contributed by atoms with E-state index in [0.717, 1.165) is 16.6 Å². The van der Waals surface area contributed by atoms with E-state index in [-0.39, 0.29) is 17.6 Å². The third-order valence-electron chi connectivity index (χ3n) is 3.92. The van der Waals surface area contributed by atoms with Crippen molar-refractivity contribution in [1.82, 2.24) is 0 Å². The first-order chi connectivity index (χ1) is 11.7. The second kappa shape index (κ2) is 6.37. The lowest BCUT2D eigenvalue weighted by Gasteiger charge is -2.36. The fourth-order valence-corrected chi connectivity index (χ4v) is 3.09. The van der Waals surface area contributed by atoms with E-state index in [1.807, 2.05) is 6.07 Å². The molecule has 0 aromatic heterocycles. The van der Waals surface area contributed by atoms with Gasteiger partial charge < -0.3 is 4.74 Å². The Labute approximate surface area is 151 Å². The smallest absolute Gasteiger partial charge is 0.416 e. The van der Waals surface area contributed by atoms with Crippen molar-refractivity contribution in [2.24, 2.45) is 5.92 Å². The Kier molecular flexibility index (Phi) is 4.53. The summed E-state index contributed by atoms with van der Waals surface area (Å²) in [6.07, 6.45) is -5.33. The molecule has 2 aromatic carbocycles. The van der Waals surface area contributed by atoms with Gasteiger partial charge in [0.1, 0.15) is 5.75 Å². The topological polar surface area (TPSA) is 29.5 Å². The van der Waals surface area contributed by atoms with Crippen molar-refractivity contribution < 1.29 is 22.7 Å². The zero-order valence-corrected chi connectivity index (χ0v) is 15.1. The van der Waals surface area contributed by atoms with Crippen molar-refractivity contribution in [2.45, 2.75) is 26.1 Å². The number of amides is 1. The van der Waals surface area contributed by atoms with Gasteiger partial charge in [0.05, 0.1) is 16.9 Å². The molecule has 0 radical (unpaired) electrons. The minimum absolute atomic E-state index is 0.0492. The van der Waals surface area contributed by atoms with Crippen LogP contribution in [0.15, 0.2) is 46.9 Å². The van der Waals surface area contributed by atoms with Crippen LogP contribution in [-0.4, -0.2) is 12.0 Å². The van der Waals surface area contributed by atoms with Gasteiger partial charge in [0.25, 0.3) is 5.91 Å². The Balaban J connectivity index is 2.16. The van der Waals surface area contributed by atoms with Gasteiger partial charge in [0.2, 0.25) is 0 Å². The van der Waals surface area contributed by atoms with Crippen LogP contribution in [0.2, 0.25) is 0 Å². The van der Waals surface area contributed by atoms with E-state index in [0.29, 0.717) is 11.4 Å². The number of alkyl halides is 3. The molecule has 3 rings (SSSR count). The normalized spacial score (nSPS) is 17.5. The fourth-order valence-electron chi connectivity index (χ4n) is 2.71. The molecule has 25 heavy (non-hydrogen) atoms. The minimum Gasteiger partial charge on any atom is -0.478 e. The molecule has 3 nitrogen and oxygen atoms in total. The highest BCUT2D eigenvalue weighted by Gasteiger charge is 2.39. The molecule has 0 N–H and O–H groups in total. The number of anilines is 2. The molecule has 1 aliphatic heterocycles. The van der Waals surface area contributed by atoms with Crippen LogP contribution < -0.4 is 9.64 Å². The summed E-state index contributed by atoms with van der Waals surface area (Å²) < 4.78 is 45.4. The Morgan fingerprint density at radius 3 is 2.48 bits per heavy atom. The van der Waals surface area contributed by atoms with Crippen LogP contribution in [0.1, 0.15) is 19.4 Å². The summed E-state index contributed by atoms with van der Waals surface area (Å²) in [6, 6.07) is 10.2. The SMILES string of the molecule is CC(C)C1Oc2cc(C(F)(F)F)ccc2N(c2cccc(Br)c2)C1=O. The number of fused-ring (bicyclic) bond motifs is 1. The monoisotopic (exact) mass is 413 g/mol. The summed E-state index contributed by atoms with van der Waals surface area (Å²) in [4.78, 5) is 14.3. The number of carbonyl (C=O) groups is 1. The molecule has 0 bridgehead atoms. The van der Waals surface area contributed by atoms with Crippen molar-refractivity contribution >= 4 is 33.2 Å². The van der Waals surface area contributed by atoms with E-state index in [2.05, 4.69) is 15.9 Å². The first-order valence-electron chi connectivity index (χ1n) is 7.66. The van der Waals surface area contributed by atoms with Gasteiger partial charge in [0.15, 0.2) is 6.10 Å². The molecule has 7 heteroatoms. The molecular formula is C18H15BrF3NO2. The van der Waals surface area contributed by atoms with Gasteiger partial charge >= 0.3 is 6.18 Å². The van der Waals surface area contributed by atoms with E-state index in [4.69, 9.17) is 4.74 Å². The van der Waals surface area contributed by atoms with Crippen LogP contribution >= 0.6 is 15.9 Å². The van der Waals surface area contributed by atoms with Crippen LogP contribution in [0, 0.1) is 5.92 Å². The Morgan fingerprint density at radius 2 is 1.88 bits per heavy atom. The molecule has 1 atom stereocenters. The van der Waals surface area contributed by atoms with E-state index in [9.17, 15) is 18.0 Å². The number of halogens is 4. The summed E-state index contributed by atoms with van der Waals surface area (Å²) in [5.74, 6) is -0.446. The highest BCUT2D eigenvalue weighted by molar-refractivity contribution is 9.10. The molecule has 132 valence electrons. The van der Waals surface area contributed by atoms with Gasteiger partial charge in [-0.15, -0.1) is 0 Å². The number of hydrogen-bond acceptors (Lipinski definition) is 2. The van der Waals surface area contributed by atoms with Gasteiger partial charge in [-0.1, -0.05) is 35.8 Å². The van der Waals surface area contributed by atoms with Crippen LogP contribution in [0.5, 0.6) is 5.75 Å². The van der Waals surface area contributed by atoms with Crippen LogP contribution in [0.4, 0.5) is 24.5 Å². The maximum absolute atomic E-state index is 13.0. The van der Waals surface area contributed by atoms with Crippen molar-refractivity contribution in [2.75, 3.05) is 4.90 Å². The number of carbonyl (C=O) groups excluding carboxylic acids is 1. The van der Waals surface area contributed by atoms with Crippen molar-refractivity contribution in [1.29, 1.82) is 0 Å². The highest BCUT2D eigenvalue weighted by Crippen LogP contribution is 2.43. The quantitative estimate of drug-likeness (QED) is 0.645. The molecule has 0 saturated heterocycles. The molecule has 0 aliphatic carbocycles. The number of hydrogen-bond donors (Lipinski definition) is 0. The van der Waals surface area contributed by atoms with E-state index in [1.54, 1.807) is 32.0 Å². The number of benzene rings is 2. The summed E-state index contributed by atoms with van der Waals surface area (Å²) in [7, 11) is 0. The predicted molar refractivity (Wildman–Crippen MR) is 92.0 cm³/mol. The third-order valence-corrected chi connectivity index (χ3v) is 4.41. The zero-order valence-electron chi connectivity index (χ0n) is 13.5. The number of rotatable bonds is 2. The number of nitrogens with zero attached hydrogens (tertiary/aromatic N) is 1. The fraction of sp³-hybridized carbons (Fsp3) is 0.278. The second-order valence-corrected chi connectivity index (χ2v) is 7.03. The number of ether oxygens (including phenoxy) is 1. The van der Waals surface area contributed by atoms with Crippen LogP contribution in [0.25, 0.3) is 0 Å². The molecule has 0 saturated carbocycles. The first-order valence-corrected chi connectivity index (χ1v) is 8.45. The lowest BCUT2D eigenvalue weighted by atomic mass is 10.0. The summed E-state index contributed by atoms with van der Waals surface area (Å²) in [5, 5.41) is 0. The van der Waals surface area contributed by atoms with E-state index < -0.39 is 17.8 Å². The lowest BCUT2D eigenvalue weighted by molar-refractivity contribution is -0.137. The van der Waals surface area contributed by atoms with Crippen LogP contribution in [-0.2, 0) is 11.0 Å². The van der Waals surface area contributed by atoms with Crippen molar-refractivity contribution in [3.8, 4) is 5.75 Å². The summed E-state index contributed by atoms with van der Waals surface area (Å²) in [6.45, 7) is 3.58. The molecule has 1 unspecified atom stereocenters. The third kappa shape index (κ3) is 3.38. The molecular weight excluding hydrogens is 399 g/mol. The molecule has 1 heterocycles. The predicted octanol–water partition coefficient (Wildman–Crippen LogP) is 5.55. The summed E-state index contributed by atoms with van der Waals surface area (Å²) >= 11 is 3.35. The molecule has 1 amide bonds. The molecule has 2 aromatic rings. The maximum Gasteiger partial charge on any atom is 0.416 e. The summed E-state index contributed by atoms with van der Waals surface area (Å²) in [5.41, 5.74) is 0.0552. The van der Waals surface area contributed by atoms with Gasteiger partial charge in [-0.3, -0.25) is 9.69 Å². The highest BCUT2D eigenvalue weighted by atomic mass is 79.9. The van der Waals surface area contributed by atoms with Gasteiger partial charge in [0, 0.05) is 4.47 Å². The standard InChI is InChI=1S/C18H15BrF3NO2/c1-10(2)16-17(24)23(13-5-3-4-12(19)9-13)14-7-6-11(18(20,21)22)8-15(14)25-16/h3-10,16H,1-2H3. The Bertz CT molecular complexity index is 820. The van der Waals surface area contributed by atoms with E-state index >= 15 is 0 Å². The Morgan fingerprint density at radius 1 is 1.16 bits per heavy atom. The molecule has 0 fully saturated rings. The largest absolute Gasteiger partial charge is 0.478 e. The average Bonchev–Trinajstić information content (AvgIpc) is 2.52. The van der Waals surface area contributed by atoms with Crippen molar-refractivity contribution in [3.63, 3.8) is 0 Å². The van der Waals surface area contributed by atoms with Gasteiger partial charge in [-0.25, -0.2) is 0 Å². The average molecular weight is 414 g/mol. The second-order valence-electron chi connectivity index (χ2n) is 6.12. The molecule has 1 aliphatic rings. The maximum atomic E-state index is 13.0. The van der Waals surface area contributed by atoms with Crippen LogP contribution in [0.3, 0.4) is 0 Å². The Hall–Kier alpha value is -2.02. The minimum atomic E-state index is -4.48. The van der Waals surface area contributed by atoms with Gasteiger partial charge in [-0.2, -0.15) is 13.2 Å². The lowest BCUT2D eigenvalue weighted by Crippen LogP contribution is -2.46. The zero-order chi connectivity index (χ0) is 18.4. The first kappa shape index (κ1) is 17.8. The van der Waals surface area contributed by atoms with Crippen molar-refractivity contribution in [3.05, 3.63) is 52.5 Å².